The topological polar surface area (TPSA) is 165 Å². The van der Waals surface area contributed by atoms with Crippen molar-refractivity contribution >= 4 is 35.0 Å². The Bertz CT molecular complexity index is 2090. The summed E-state index contributed by atoms with van der Waals surface area (Å²) in [6.45, 7) is 0. The molecule has 3 heterocycles. The number of aliphatic hydroxyl groups excluding tert-OH is 2. The normalized spacial score (nSPS) is 24.3. The Balaban J connectivity index is 0.810. The predicted octanol–water partition coefficient (Wildman–Crippen LogP) is 5.33. The van der Waals surface area contributed by atoms with E-state index < -0.39 is 36.1 Å². The van der Waals surface area contributed by atoms with Crippen molar-refractivity contribution in [2.24, 2.45) is 11.8 Å². The number of aliphatic hydroxyl groups is 2. The van der Waals surface area contributed by atoms with E-state index in [1.165, 1.54) is 0 Å². The minimum absolute atomic E-state index is 0.0222. The van der Waals surface area contributed by atoms with E-state index in [0.29, 0.717) is 52.6 Å². The number of nitrogens with one attached hydrogen (secondary N) is 2. The first kappa shape index (κ1) is 34.6. The highest BCUT2D eigenvalue weighted by Crippen LogP contribution is 2.50. The number of carbonyl (C=O) groups is 4. The van der Waals surface area contributed by atoms with Crippen molar-refractivity contribution in [3.63, 3.8) is 0 Å². The quantitative estimate of drug-likeness (QED) is 0.149. The van der Waals surface area contributed by atoms with E-state index in [2.05, 4.69) is 15.6 Å². The lowest BCUT2D eigenvalue weighted by Crippen LogP contribution is -2.47. The summed E-state index contributed by atoms with van der Waals surface area (Å²) < 4.78 is 6.07. The first-order chi connectivity index (χ1) is 26.7. The Morgan fingerprint density at radius 3 is 1.49 bits per heavy atom. The number of benzene rings is 4. The molecule has 4 aromatic carbocycles. The molecule has 4 N–H and O–H groups in total. The molecule has 55 heavy (non-hydrogen) atoms. The Morgan fingerprint density at radius 1 is 0.600 bits per heavy atom. The van der Waals surface area contributed by atoms with E-state index in [9.17, 15) is 29.4 Å². The van der Waals surface area contributed by atoms with Crippen molar-refractivity contribution in [3.05, 3.63) is 127 Å². The number of hydrogen-bond donors (Lipinski definition) is 4. The van der Waals surface area contributed by atoms with Crippen molar-refractivity contribution in [1.29, 1.82) is 0 Å². The zero-order valence-corrected chi connectivity index (χ0v) is 29.7. The van der Waals surface area contributed by atoms with Crippen molar-refractivity contribution in [3.8, 4) is 22.8 Å². The van der Waals surface area contributed by atoms with Crippen LogP contribution in [0.15, 0.2) is 120 Å². The van der Waals surface area contributed by atoms with Gasteiger partial charge in [-0.3, -0.25) is 19.2 Å². The Kier molecular flexibility index (Phi) is 8.78. The molecule has 2 saturated heterocycles. The number of aromatic nitrogens is 1. The average molecular weight is 738 g/mol. The monoisotopic (exact) mass is 737 g/mol. The zero-order valence-electron chi connectivity index (χ0n) is 29.7. The number of nitrogens with zero attached hydrogens (tertiary/aromatic N) is 3. The fraction of sp³-hybridized carbons (Fsp3) is 0.279. The maximum Gasteiger partial charge on any atom is 0.256 e. The molecule has 0 unspecified atom stereocenters. The number of anilines is 2. The number of carbonyl (C=O) groups excluding carboxylic acids is 4. The highest BCUT2D eigenvalue weighted by Gasteiger charge is 2.58. The van der Waals surface area contributed by atoms with Crippen LogP contribution in [0.3, 0.4) is 0 Å². The molecule has 5 aromatic rings. The van der Waals surface area contributed by atoms with Gasteiger partial charge in [-0.1, -0.05) is 60.7 Å². The van der Waals surface area contributed by atoms with Crippen molar-refractivity contribution in [1.82, 2.24) is 14.8 Å². The molecule has 4 amide bonds. The Hall–Kier alpha value is -6.11. The molecule has 8 atom stereocenters. The van der Waals surface area contributed by atoms with E-state index in [4.69, 9.17) is 4.42 Å². The number of amides is 4. The fourth-order valence-corrected chi connectivity index (χ4v) is 8.26. The number of piperidine rings is 2. The third kappa shape index (κ3) is 6.68. The molecular formula is C43H39N5O7. The highest BCUT2D eigenvalue weighted by molar-refractivity contribution is 6.00. The highest BCUT2D eigenvalue weighted by atomic mass is 16.4. The van der Waals surface area contributed by atoms with E-state index in [1.807, 2.05) is 24.3 Å². The summed E-state index contributed by atoms with van der Waals surface area (Å²) >= 11 is 0. The van der Waals surface area contributed by atoms with Gasteiger partial charge in [-0.15, -0.1) is 0 Å². The maximum atomic E-state index is 13.4. The minimum Gasteiger partial charge on any atom is -0.436 e. The summed E-state index contributed by atoms with van der Waals surface area (Å²) in [5.41, 5.74) is 3.58. The number of likely N-dealkylation sites (tertiary alicyclic amines) is 2. The molecule has 4 aliphatic rings. The van der Waals surface area contributed by atoms with Crippen LogP contribution in [0.2, 0.25) is 0 Å². The van der Waals surface area contributed by atoms with E-state index in [-0.39, 0.29) is 35.7 Å². The minimum atomic E-state index is -1.32. The Labute approximate surface area is 316 Å². The Morgan fingerprint density at radius 2 is 1.04 bits per heavy atom. The molecule has 0 radical (unpaired) electrons. The zero-order chi connectivity index (χ0) is 37.8. The molecule has 0 spiro atoms. The lowest BCUT2D eigenvalue weighted by Gasteiger charge is -2.29. The SMILES string of the molecule is O=C(Nc1ccc(-c2cnc(-c3ccc(NC(=O)[C@@H]4C[C@@H]5C[C@@H]5N4C(=O)[C@@H](O)c4ccccc4)cc3)o2)cc1)[C@@H]1C[C@@H]2C[C@@H]2N1C(=O)[C@@H](O)c1ccccc1. The molecule has 278 valence electrons. The number of hydrogen-bond acceptors (Lipinski definition) is 8. The van der Waals surface area contributed by atoms with Crippen LogP contribution in [0.4, 0.5) is 11.4 Å². The smallest absolute Gasteiger partial charge is 0.256 e. The number of oxazole rings is 1. The van der Waals surface area contributed by atoms with Crippen LogP contribution in [-0.2, 0) is 19.2 Å². The third-order valence-electron chi connectivity index (χ3n) is 11.4. The van der Waals surface area contributed by atoms with Crippen molar-refractivity contribution in [2.75, 3.05) is 10.6 Å². The van der Waals surface area contributed by atoms with Crippen LogP contribution < -0.4 is 10.6 Å². The molecule has 1 aromatic heterocycles. The molecular weight excluding hydrogens is 699 g/mol. The molecule has 2 aliphatic carbocycles. The predicted molar refractivity (Wildman–Crippen MR) is 202 cm³/mol. The lowest BCUT2D eigenvalue weighted by atomic mass is 10.1. The lowest BCUT2D eigenvalue weighted by molar-refractivity contribution is -0.145. The molecule has 2 aliphatic heterocycles. The summed E-state index contributed by atoms with van der Waals surface area (Å²) in [4.78, 5) is 61.0. The second kappa shape index (κ2) is 13.9. The third-order valence-corrected chi connectivity index (χ3v) is 11.4. The average Bonchev–Trinajstić information content (AvgIpc) is 3.99. The summed E-state index contributed by atoms with van der Waals surface area (Å²) in [6.07, 6.45) is 1.80. The second-order valence-corrected chi connectivity index (χ2v) is 14.9. The van der Waals surface area contributed by atoms with E-state index >= 15 is 0 Å². The van der Waals surface area contributed by atoms with E-state index in [0.717, 1.165) is 18.4 Å². The summed E-state index contributed by atoms with van der Waals surface area (Å²) in [7, 11) is 0. The summed E-state index contributed by atoms with van der Waals surface area (Å²) in [5.74, 6) is -0.0373. The molecule has 2 saturated carbocycles. The van der Waals surface area contributed by atoms with Crippen LogP contribution in [0.5, 0.6) is 0 Å². The van der Waals surface area contributed by atoms with Gasteiger partial charge >= 0.3 is 0 Å². The number of rotatable bonds is 10. The van der Waals surface area contributed by atoms with Gasteiger partial charge in [-0.25, -0.2) is 4.98 Å². The van der Waals surface area contributed by atoms with E-state index in [1.54, 1.807) is 101 Å². The first-order valence-corrected chi connectivity index (χ1v) is 18.6. The maximum absolute atomic E-state index is 13.4. The molecule has 4 fully saturated rings. The number of fused-ring (bicyclic) bond motifs is 2. The molecule has 9 rings (SSSR count). The van der Waals surface area contributed by atoms with Gasteiger partial charge in [0.05, 0.1) is 6.20 Å². The van der Waals surface area contributed by atoms with Crippen LogP contribution in [0.25, 0.3) is 22.8 Å². The van der Waals surface area contributed by atoms with Gasteiger partial charge in [-0.05, 0) is 97.2 Å². The fourth-order valence-electron chi connectivity index (χ4n) is 8.26. The molecule has 12 heteroatoms. The van der Waals surface area contributed by atoms with Gasteiger partial charge in [0, 0.05) is 34.6 Å². The summed E-state index contributed by atoms with van der Waals surface area (Å²) in [5, 5.41) is 27.4. The van der Waals surface area contributed by atoms with Crippen LogP contribution >= 0.6 is 0 Å². The van der Waals surface area contributed by atoms with Crippen molar-refractivity contribution in [2.45, 2.75) is 62.1 Å². The van der Waals surface area contributed by atoms with Gasteiger partial charge in [0.2, 0.25) is 17.7 Å². The van der Waals surface area contributed by atoms with Gasteiger partial charge in [0.25, 0.3) is 11.8 Å². The van der Waals surface area contributed by atoms with Gasteiger partial charge in [0.15, 0.2) is 18.0 Å². The van der Waals surface area contributed by atoms with Crippen LogP contribution in [0, 0.1) is 11.8 Å². The van der Waals surface area contributed by atoms with Gasteiger partial charge in [-0.2, -0.15) is 0 Å². The second-order valence-electron chi connectivity index (χ2n) is 14.9. The molecule has 12 nitrogen and oxygen atoms in total. The van der Waals surface area contributed by atoms with Gasteiger partial charge < -0.3 is 35.1 Å². The standard InChI is InChI=1S/C43H39N5O7/c49-37(25-7-3-1-4-8-25)42(53)47-32-19-28(32)21-34(47)39(51)45-30-15-11-24(12-16-30)36-23-44-41(55-36)27-13-17-31(18-14-27)46-40(52)35-22-29-20-33(29)48(35)43(54)38(50)26-9-5-2-6-10-26/h1-18,23,28-29,32-35,37-38,49-50H,19-22H2,(H,45,51)(H,46,52)/t28-,29-,32-,33-,34-,35-,37-,38-/m0/s1. The first-order valence-electron chi connectivity index (χ1n) is 18.6. The summed E-state index contributed by atoms with van der Waals surface area (Å²) in [6, 6.07) is 30.4. The largest absolute Gasteiger partial charge is 0.436 e. The molecule has 0 bridgehead atoms. The van der Waals surface area contributed by atoms with Gasteiger partial charge in [0.1, 0.15) is 12.1 Å². The van der Waals surface area contributed by atoms with Crippen molar-refractivity contribution < 1.29 is 33.8 Å². The van der Waals surface area contributed by atoms with Crippen LogP contribution in [0.1, 0.15) is 49.0 Å². The van der Waals surface area contributed by atoms with Crippen LogP contribution in [-0.4, -0.2) is 72.8 Å².